The van der Waals surface area contributed by atoms with E-state index >= 15 is 0 Å². The van der Waals surface area contributed by atoms with Crippen LogP contribution in [0.15, 0.2) is 0 Å². The van der Waals surface area contributed by atoms with Crippen molar-refractivity contribution in [3.8, 4) is 0 Å². The first-order valence-corrected chi connectivity index (χ1v) is 5.88. The molecule has 0 aliphatic heterocycles. The zero-order chi connectivity index (χ0) is 5.91. The van der Waals surface area contributed by atoms with Gasteiger partial charge >= 0.3 is 44.7 Å². The van der Waals surface area contributed by atoms with Gasteiger partial charge in [-0.05, 0) is 0 Å². The van der Waals surface area contributed by atoms with Crippen LogP contribution in [0, 0.1) is 0 Å². The standard InChI is InChI=1S/C3H9AsO3/c1-2-3-4(5,6)7/h2-3H2,1H3,(H2,5,6,7). The molecule has 0 unspecified atom stereocenters. The molecule has 7 heavy (non-hydrogen) atoms. The summed E-state index contributed by atoms with van der Waals surface area (Å²) in [5, 5.41) is 0.0677. The summed E-state index contributed by atoms with van der Waals surface area (Å²) in [6.45, 7) is 1.75. The van der Waals surface area contributed by atoms with Crippen LogP contribution in [-0.2, 0) is 3.74 Å². The molecule has 0 radical (unpaired) electrons. The van der Waals surface area contributed by atoms with Gasteiger partial charge in [-0.1, -0.05) is 0 Å². The molecule has 0 amide bonds. The zero-order valence-corrected chi connectivity index (χ0v) is 6.04. The van der Waals surface area contributed by atoms with Crippen LogP contribution in [0.2, 0.25) is 5.21 Å². The van der Waals surface area contributed by atoms with Crippen LogP contribution >= 0.6 is 0 Å². The average molecular weight is 168 g/mol. The molecule has 2 N–H and O–H groups in total. The van der Waals surface area contributed by atoms with E-state index < -0.39 is 14.2 Å². The molecule has 0 heterocycles. The van der Waals surface area contributed by atoms with Crippen molar-refractivity contribution in [2.75, 3.05) is 0 Å². The van der Waals surface area contributed by atoms with Crippen LogP contribution in [0.4, 0.5) is 0 Å². The predicted octanol–water partition coefficient (Wildman–Crippen LogP) is -0.250. The molecule has 0 atom stereocenters. The quantitative estimate of drug-likeness (QED) is 0.559. The second-order valence-corrected chi connectivity index (χ2v) is 5.12. The molecule has 0 bridgehead atoms. The second kappa shape index (κ2) is 2.55. The van der Waals surface area contributed by atoms with Gasteiger partial charge in [-0.3, -0.25) is 0 Å². The van der Waals surface area contributed by atoms with E-state index in [1.807, 2.05) is 0 Å². The van der Waals surface area contributed by atoms with Crippen molar-refractivity contribution in [1.82, 2.24) is 0 Å². The molecule has 0 spiro atoms. The first-order chi connectivity index (χ1) is 3.06. The number of hydrogen-bond acceptors (Lipinski definition) is 1. The molecule has 0 aliphatic rings. The molecule has 0 aromatic carbocycles. The molecule has 0 fully saturated rings. The number of rotatable bonds is 2. The molecular formula is C3H9AsO3. The summed E-state index contributed by atoms with van der Waals surface area (Å²) < 4.78 is 26.4. The van der Waals surface area contributed by atoms with Gasteiger partial charge in [-0.15, -0.1) is 0 Å². The van der Waals surface area contributed by atoms with Gasteiger partial charge in [0, 0.05) is 0 Å². The van der Waals surface area contributed by atoms with Gasteiger partial charge in [-0.25, -0.2) is 0 Å². The van der Waals surface area contributed by atoms with Gasteiger partial charge < -0.3 is 0 Å². The van der Waals surface area contributed by atoms with Gasteiger partial charge in [-0.2, -0.15) is 0 Å². The van der Waals surface area contributed by atoms with E-state index in [0.717, 1.165) is 0 Å². The van der Waals surface area contributed by atoms with Crippen LogP contribution in [0.3, 0.4) is 0 Å². The van der Waals surface area contributed by atoms with Crippen LogP contribution in [0.5, 0.6) is 0 Å². The summed E-state index contributed by atoms with van der Waals surface area (Å²) in [4.78, 5) is 0. The van der Waals surface area contributed by atoms with E-state index in [4.69, 9.17) is 8.19 Å². The van der Waals surface area contributed by atoms with Crippen molar-refractivity contribution in [3.63, 3.8) is 0 Å². The Morgan fingerprint density at radius 3 is 2.00 bits per heavy atom. The van der Waals surface area contributed by atoms with Crippen molar-refractivity contribution in [2.24, 2.45) is 0 Å². The summed E-state index contributed by atoms with van der Waals surface area (Å²) in [7, 11) is 0. The molecule has 0 aromatic heterocycles. The summed E-state index contributed by atoms with van der Waals surface area (Å²) in [6.07, 6.45) is 0.573. The maximum atomic E-state index is 9.99. The Balaban J connectivity index is 3.36. The van der Waals surface area contributed by atoms with Crippen LogP contribution < -0.4 is 0 Å². The van der Waals surface area contributed by atoms with Crippen molar-refractivity contribution in [2.45, 2.75) is 18.6 Å². The van der Waals surface area contributed by atoms with Crippen LogP contribution in [-0.4, -0.2) is 22.4 Å². The van der Waals surface area contributed by atoms with Crippen LogP contribution in [0.1, 0.15) is 13.3 Å². The fourth-order valence-corrected chi connectivity index (χ4v) is 1.51. The third-order valence-electron chi connectivity index (χ3n) is 0.515. The van der Waals surface area contributed by atoms with E-state index in [0.29, 0.717) is 6.42 Å². The molecular weight excluding hydrogens is 159 g/mol. The monoisotopic (exact) mass is 168 g/mol. The van der Waals surface area contributed by atoms with Crippen molar-refractivity contribution in [3.05, 3.63) is 0 Å². The van der Waals surface area contributed by atoms with E-state index in [1.54, 1.807) is 6.92 Å². The Hall–Kier alpha value is 0.278. The maximum absolute atomic E-state index is 9.99. The SMILES string of the molecule is CCC[As](=O)(O)O. The number of hydrogen-bond donors (Lipinski definition) is 2. The summed E-state index contributed by atoms with van der Waals surface area (Å²) >= 11 is -4.19. The Kier molecular flexibility index (Phi) is 2.65. The Labute approximate surface area is 45.4 Å². The molecule has 4 heteroatoms. The fraction of sp³-hybridized carbons (Fsp3) is 1.00. The zero-order valence-electron chi connectivity index (χ0n) is 4.16. The third kappa shape index (κ3) is 6.28. The molecule has 0 aliphatic carbocycles. The topological polar surface area (TPSA) is 57.5 Å². The van der Waals surface area contributed by atoms with Gasteiger partial charge in [0.1, 0.15) is 0 Å². The van der Waals surface area contributed by atoms with E-state index in [2.05, 4.69) is 0 Å². The molecule has 3 nitrogen and oxygen atoms in total. The van der Waals surface area contributed by atoms with E-state index in [9.17, 15) is 3.74 Å². The average Bonchev–Trinajstić information content (AvgIpc) is 1.30. The van der Waals surface area contributed by atoms with Gasteiger partial charge in [0.2, 0.25) is 0 Å². The summed E-state index contributed by atoms with van der Waals surface area (Å²) in [5.74, 6) is 0. The Morgan fingerprint density at radius 2 is 2.00 bits per heavy atom. The van der Waals surface area contributed by atoms with Crippen molar-refractivity contribution in [1.29, 1.82) is 0 Å². The van der Waals surface area contributed by atoms with Gasteiger partial charge in [0.25, 0.3) is 0 Å². The first kappa shape index (κ1) is 7.28. The van der Waals surface area contributed by atoms with E-state index in [1.165, 1.54) is 0 Å². The molecule has 0 saturated heterocycles. The third-order valence-corrected chi connectivity index (χ3v) is 2.68. The minimum absolute atomic E-state index is 0.0677. The summed E-state index contributed by atoms with van der Waals surface area (Å²) in [6, 6.07) is 0. The summed E-state index contributed by atoms with van der Waals surface area (Å²) in [5.41, 5.74) is 0. The fourth-order valence-electron chi connectivity index (χ4n) is 0.291. The van der Waals surface area contributed by atoms with E-state index in [-0.39, 0.29) is 5.21 Å². The molecule has 0 aromatic rings. The molecule has 0 rings (SSSR count). The molecule has 0 saturated carbocycles. The second-order valence-electron chi connectivity index (χ2n) is 1.39. The minimum atomic E-state index is -4.19. The van der Waals surface area contributed by atoms with Crippen molar-refractivity contribution >= 4 is 14.2 Å². The van der Waals surface area contributed by atoms with Gasteiger partial charge in [0.05, 0.1) is 0 Å². The van der Waals surface area contributed by atoms with Crippen LogP contribution in [0.25, 0.3) is 0 Å². The predicted molar refractivity (Wildman–Crippen MR) is 26.0 cm³/mol. The Morgan fingerprint density at radius 1 is 1.57 bits per heavy atom. The Bertz CT molecular complexity index is 84.2. The normalized spacial score (nSPS) is 11.9. The molecule has 44 valence electrons. The first-order valence-electron chi connectivity index (χ1n) is 2.11. The van der Waals surface area contributed by atoms with Gasteiger partial charge in [0.15, 0.2) is 0 Å². The van der Waals surface area contributed by atoms with Crippen molar-refractivity contribution < 1.29 is 11.9 Å².